The van der Waals surface area contributed by atoms with Gasteiger partial charge in [-0.05, 0) is 11.6 Å². The molecular formula is C15H14N2O3. The summed E-state index contributed by atoms with van der Waals surface area (Å²) in [7, 11) is 0. The maximum absolute atomic E-state index is 10.8. The Bertz CT molecular complexity index is 643. The number of benzene rings is 2. The zero-order valence-electron chi connectivity index (χ0n) is 10.7. The minimum atomic E-state index is -0.698. The van der Waals surface area contributed by atoms with Crippen molar-refractivity contribution in [1.82, 2.24) is 0 Å². The van der Waals surface area contributed by atoms with E-state index in [1.807, 2.05) is 30.3 Å². The Morgan fingerprint density at radius 3 is 2.65 bits per heavy atom. The van der Waals surface area contributed by atoms with Crippen molar-refractivity contribution in [1.29, 1.82) is 0 Å². The molecule has 0 fully saturated rings. The molecule has 0 aromatic heterocycles. The van der Waals surface area contributed by atoms with E-state index in [2.05, 4.69) is 5.32 Å². The molecule has 1 aliphatic rings. The van der Waals surface area contributed by atoms with Crippen molar-refractivity contribution in [2.24, 2.45) is 0 Å². The van der Waals surface area contributed by atoms with Gasteiger partial charge in [-0.1, -0.05) is 30.3 Å². The van der Waals surface area contributed by atoms with Gasteiger partial charge in [0.1, 0.15) is 0 Å². The highest BCUT2D eigenvalue weighted by Gasteiger charge is 2.27. The average molecular weight is 270 g/mol. The first-order chi connectivity index (χ1) is 9.65. The van der Waals surface area contributed by atoms with E-state index in [0.29, 0.717) is 12.0 Å². The second-order valence-electron chi connectivity index (χ2n) is 4.89. The average Bonchev–Trinajstić information content (AvgIpc) is 2.47. The van der Waals surface area contributed by atoms with Crippen LogP contribution >= 0.6 is 0 Å². The number of fused-ring (bicyclic) bond motifs is 1. The molecule has 2 atom stereocenters. The smallest absolute Gasteiger partial charge is 0.269 e. The maximum atomic E-state index is 10.8. The normalized spacial score (nSPS) is 20.9. The molecule has 0 saturated heterocycles. The molecule has 0 bridgehead atoms. The Hall–Kier alpha value is -2.40. The molecule has 2 aromatic rings. The highest BCUT2D eigenvalue weighted by atomic mass is 16.6. The van der Waals surface area contributed by atoms with E-state index in [0.717, 1.165) is 11.3 Å². The number of aliphatic hydroxyl groups excluding tert-OH is 1. The lowest BCUT2D eigenvalue weighted by Crippen LogP contribution is -2.21. The second kappa shape index (κ2) is 4.94. The minimum absolute atomic E-state index is 0.00256. The van der Waals surface area contributed by atoms with Crippen LogP contribution in [-0.2, 0) is 0 Å². The van der Waals surface area contributed by atoms with E-state index < -0.39 is 11.0 Å². The van der Waals surface area contributed by atoms with E-state index in [4.69, 9.17) is 0 Å². The SMILES string of the molecule is O=[N+]([O-])c1ccc2c(c1)C(O)CC(c1ccccc1)N2. The van der Waals surface area contributed by atoms with Crippen LogP contribution in [0.15, 0.2) is 48.5 Å². The summed E-state index contributed by atoms with van der Waals surface area (Å²) in [5.74, 6) is 0. The monoisotopic (exact) mass is 270 g/mol. The zero-order valence-corrected chi connectivity index (χ0v) is 10.7. The third kappa shape index (κ3) is 2.23. The van der Waals surface area contributed by atoms with E-state index >= 15 is 0 Å². The molecular weight excluding hydrogens is 256 g/mol. The number of hydrogen-bond acceptors (Lipinski definition) is 4. The van der Waals surface area contributed by atoms with Crippen LogP contribution in [0.2, 0.25) is 0 Å². The standard InChI is InChI=1S/C15H14N2O3/c18-15-9-14(10-4-2-1-3-5-10)16-13-7-6-11(17(19)20)8-12(13)15/h1-8,14-16,18H,9H2. The molecule has 20 heavy (non-hydrogen) atoms. The van der Waals surface area contributed by atoms with Crippen LogP contribution in [0.1, 0.15) is 29.7 Å². The van der Waals surface area contributed by atoms with Crippen molar-refractivity contribution in [2.45, 2.75) is 18.6 Å². The van der Waals surface area contributed by atoms with Crippen LogP contribution in [-0.4, -0.2) is 10.0 Å². The van der Waals surface area contributed by atoms with Crippen LogP contribution < -0.4 is 5.32 Å². The van der Waals surface area contributed by atoms with Gasteiger partial charge in [-0.2, -0.15) is 0 Å². The number of nitro groups is 1. The fourth-order valence-corrected chi connectivity index (χ4v) is 2.57. The lowest BCUT2D eigenvalue weighted by atomic mass is 9.91. The van der Waals surface area contributed by atoms with Gasteiger partial charge in [0, 0.05) is 29.8 Å². The molecule has 102 valence electrons. The summed E-state index contributed by atoms with van der Waals surface area (Å²) in [6, 6.07) is 14.4. The van der Waals surface area contributed by atoms with E-state index in [9.17, 15) is 15.2 Å². The summed E-state index contributed by atoms with van der Waals surface area (Å²) in [6.07, 6.45) is -0.200. The first-order valence-corrected chi connectivity index (χ1v) is 6.43. The number of aliphatic hydroxyl groups is 1. The number of non-ortho nitro benzene ring substituents is 1. The molecule has 2 aromatic carbocycles. The lowest BCUT2D eigenvalue weighted by Gasteiger charge is -2.30. The van der Waals surface area contributed by atoms with Crippen molar-refractivity contribution in [3.8, 4) is 0 Å². The highest BCUT2D eigenvalue weighted by molar-refractivity contribution is 5.60. The zero-order chi connectivity index (χ0) is 14.1. The molecule has 1 heterocycles. The molecule has 0 radical (unpaired) electrons. The summed E-state index contributed by atoms with van der Waals surface area (Å²) in [4.78, 5) is 10.3. The fourth-order valence-electron chi connectivity index (χ4n) is 2.57. The number of nitrogens with one attached hydrogen (secondary N) is 1. The van der Waals surface area contributed by atoms with Crippen molar-refractivity contribution in [2.75, 3.05) is 5.32 Å². The molecule has 3 rings (SSSR count). The largest absolute Gasteiger partial charge is 0.388 e. The van der Waals surface area contributed by atoms with Crippen LogP contribution in [0.25, 0.3) is 0 Å². The molecule has 0 aliphatic carbocycles. The number of nitro benzene ring substituents is 1. The Morgan fingerprint density at radius 2 is 1.95 bits per heavy atom. The van der Waals surface area contributed by atoms with Crippen molar-refractivity contribution >= 4 is 11.4 Å². The van der Waals surface area contributed by atoms with Gasteiger partial charge in [-0.25, -0.2) is 0 Å². The maximum Gasteiger partial charge on any atom is 0.269 e. The van der Waals surface area contributed by atoms with E-state index in [1.54, 1.807) is 6.07 Å². The Balaban J connectivity index is 1.94. The quantitative estimate of drug-likeness (QED) is 0.649. The fraction of sp³-hybridized carbons (Fsp3) is 0.200. The van der Waals surface area contributed by atoms with Crippen molar-refractivity contribution in [3.05, 3.63) is 69.8 Å². The van der Waals surface area contributed by atoms with Crippen LogP contribution in [0.4, 0.5) is 11.4 Å². The molecule has 0 spiro atoms. The summed E-state index contributed by atoms with van der Waals surface area (Å²) >= 11 is 0. The lowest BCUT2D eigenvalue weighted by molar-refractivity contribution is -0.385. The van der Waals surface area contributed by atoms with Crippen LogP contribution in [0.5, 0.6) is 0 Å². The molecule has 0 saturated carbocycles. The molecule has 5 nitrogen and oxygen atoms in total. The predicted octanol–water partition coefficient (Wildman–Crippen LogP) is 3.19. The van der Waals surface area contributed by atoms with Crippen molar-refractivity contribution in [3.63, 3.8) is 0 Å². The summed E-state index contributed by atoms with van der Waals surface area (Å²) < 4.78 is 0. The summed E-state index contributed by atoms with van der Waals surface area (Å²) in [5.41, 5.74) is 2.44. The predicted molar refractivity (Wildman–Crippen MR) is 75.5 cm³/mol. The van der Waals surface area contributed by atoms with E-state index in [1.165, 1.54) is 12.1 Å². The first-order valence-electron chi connectivity index (χ1n) is 6.43. The van der Waals surface area contributed by atoms with Gasteiger partial charge in [0.15, 0.2) is 0 Å². The third-order valence-corrected chi connectivity index (χ3v) is 3.60. The molecule has 2 N–H and O–H groups in total. The Kier molecular flexibility index (Phi) is 3.12. The molecule has 5 heteroatoms. The minimum Gasteiger partial charge on any atom is -0.388 e. The molecule has 0 amide bonds. The first kappa shape index (κ1) is 12.6. The summed E-state index contributed by atoms with van der Waals surface area (Å²) in [6.45, 7) is 0. The van der Waals surface area contributed by atoms with E-state index in [-0.39, 0.29) is 11.7 Å². The summed E-state index contributed by atoms with van der Waals surface area (Å²) in [5, 5.41) is 24.3. The second-order valence-corrected chi connectivity index (χ2v) is 4.89. The number of hydrogen-bond donors (Lipinski definition) is 2. The van der Waals surface area contributed by atoms with Gasteiger partial charge in [-0.15, -0.1) is 0 Å². The van der Waals surface area contributed by atoms with Crippen LogP contribution in [0.3, 0.4) is 0 Å². The van der Waals surface area contributed by atoms with Gasteiger partial charge < -0.3 is 10.4 Å². The van der Waals surface area contributed by atoms with Gasteiger partial charge >= 0.3 is 0 Å². The number of rotatable bonds is 2. The molecule has 1 aliphatic heterocycles. The Labute approximate surface area is 116 Å². The topological polar surface area (TPSA) is 75.4 Å². The number of nitrogens with zero attached hydrogens (tertiary/aromatic N) is 1. The Morgan fingerprint density at radius 1 is 1.20 bits per heavy atom. The third-order valence-electron chi connectivity index (χ3n) is 3.60. The van der Waals surface area contributed by atoms with Gasteiger partial charge in [-0.3, -0.25) is 10.1 Å². The van der Waals surface area contributed by atoms with Crippen molar-refractivity contribution < 1.29 is 10.0 Å². The highest BCUT2D eigenvalue weighted by Crippen LogP contribution is 2.40. The van der Waals surface area contributed by atoms with Gasteiger partial charge in [0.2, 0.25) is 0 Å². The van der Waals surface area contributed by atoms with Crippen LogP contribution in [0, 0.1) is 10.1 Å². The van der Waals surface area contributed by atoms with Gasteiger partial charge in [0.25, 0.3) is 5.69 Å². The van der Waals surface area contributed by atoms with Gasteiger partial charge in [0.05, 0.1) is 17.1 Å². The number of anilines is 1. The molecule has 2 unspecified atom stereocenters.